The summed E-state index contributed by atoms with van der Waals surface area (Å²) in [5.41, 5.74) is 9.61. The van der Waals surface area contributed by atoms with Crippen molar-refractivity contribution in [1.82, 2.24) is 15.0 Å². The molecule has 0 aliphatic rings. The molecule has 2 aromatic rings. The van der Waals surface area contributed by atoms with Crippen LogP contribution in [0, 0.1) is 13.1 Å². The normalized spacial score (nSPS) is 9.62. The Morgan fingerprint density at radius 1 is 1.29 bits per heavy atom. The summed E-state index contributed by atoms with van der Waals surface area (Å²) >= 11 is 0. The number of nitrogens with two attached hydrogens (primary N) is 1. The summed E-state index contributed by atoms with van der Waals surface area (Å²) < 4.78 is 0. The minimum absolute atomic E-state index is 0. The van der Waals surface area contributed by atoms with Gasteiger partial charge in [-0.2, -0.15) is 12.1 Å². The molecule has 21 heavy (non-hydrogen) atoms. The van der Waals surface area contributed by atoms with Gasteiger partial charge in [0.2, 0.25) is 0 Å². The second-order valence-corrected chi connectivity index (χ2v) is 3.60. The third-order valence-corrected chi connectivity index (χ3v) is 2.55. The molecule has 0 aromatic carbocycles. The fourth-order valence-electron chi connectivity index (χ4n) is 1.76. The molecule has 0 aliphatic heterocycles. The molecule has 0 bridgehead atoms. The summed E-state index contributed by atoms with van der Waals surface area (Å²) in [6.45, 7) is 7.87. The van der Waals surface area contributed by atoms with Crippen molar-refractivity contribution in [3.8, 4) is 0 Å². The fraction of sp³-hybridized carbons (Fsp3) is 0.312. The largest absolute Gasteiger partial charge is 1.00 e. The number of rotatable bonds is 2. The zero-order valence-electron chi connectivity index (χ0n) is 12.8. The second-order valence-electron chi connectivity index (χ2n) is 3.60. The quantitative estimate of drug-likeness (QED) is 0.653. The first kappa shape index (κ1) is 22.1. The molecule has 2 heterocycles. The van der Waals surface area contributed by atoms with Gasteiger partial charge in [0.1, 0.15) is 12.1 Å². The van der Waals surface area contributed by atoms with Crippen LogP contribution in [0.25, 0.3) is 5.57 Å². The van der Waals surface area contributed by atoms with E-state index in [1.807, 2.05) is 39.8 Å². The third kappa shape index (κ3) is 5.58. The average molecular weight is 294 g/mol. The van der Waals surface area contributed by atoms with Gasteiger partial charge in [-0.05, 0) is 19.4 Å². The topological polar surface area (TPSA) is 64.7 Å². The molecule has 0 saturated carbocycles. The van der Waals surface area contributed by atoms with Gasteiger partial charge < -0.3 is 10.7 Å². The van der Waals surface area contributed by atoms with Crippen LogP contribution in [0.2, 0.25) is 0 Å². The third-order valence-electron chi connectivity index (χ3n) is 2.55. The number of allylic oxidation sites excluding steroid dienone is 1. The molecule has 0 atom stereocenters. The molecule has 4 nitrogen and oxygen atoms in total. The van der Waals surface area contributed by atoms with Crippen molar-refractivity contribution < 1.29 is 29.6 Å². The first-order valence-corrected chi connectivity index (χ1v) is 6.30. The SMILES string of the molecule is C.C/C=C(/c1cc[c-]nc1)c1c(C)ncnc1N.CC.[Na+]. The minimum Gasteiger partial charge on any atom is -0.394 e. The second kappa shape index (κ2) is 11.4. The molecule has 2 aromatic heterocycles. The van der Waals surface area contributed by atoms with Gasteiger partial charge in [-0.1, -0.05) is 39.7 Å². The summed E-state index contributed by atoms with van der Waals surface area (Å²) in [5, 5.41) is 0. The Morgan fingerprint density at radius 3 is 2.43 bits per heavy atom. The molecule has 108 valence electrons. The first-order chi connectivity index (χ1) is 9.24. The van der Waals surface area contributed by atoms with Crippen molar-refractivity contribution in [2.45, 2.75) is 35.1 Å². The Morgan fingerprint density at radius 2 is 1.95 bits per heavy atom. The molecule has 0 aliphatic carbocycles. The van der Waals surface area contributed by atoms with E-state index in [0.717, 1.165) is 22.4 Å². The van der Waals surface area contributed by atoms with Gasteiger partial charge in [0, 0.05) is 5.56 Å². The van der Waals surface area contributed by atoms with Crippen molar-refractivity contribution in [2.75, 3.05) is 5.73 Å². The zero-order chi connectivity index (χ0) is 14.3. The number of pyridine rings is 1. The molecular formula is C16H23N4Na. The maximum atomic E-state index is 5.92. The number of aryl methyl sites for hydroxylation is 1. The summed E-state index contributed by atoms with van der Waals surface area (Å²) in [4.78, 5) is 12.2. The molecular weight excluding hydrogens is 271 g/mol. The summed E-state index contributed by atoms with van der Waals surface area (Å²) in [6, 6.07) is 3.71. The van der Waals surface area contributed by atoms with Gasteiger partial charge in [-0.25, -0.2) is 9.97 Å². The molecule has 0 unspecified atom stereocenters. The number of aromatic nitrogens is 3. The van der Waals surface area contributed by atoms with Gasteiger partial charge in [0.05, 0.1) is 5.69 Å². The van der Waals surface area contributed by atoms with Gasteiger partial charge in [-0.3, -0.25) is 0 Å². The van der Waals surface area contributed by atoms with Crippen molar-refractivity contribution in [2.24, 2.45) is 0 Å². The van der Waals surface area contributed by atoms with Crippen LogP contribution in [0.1, 0.15) is 45.0 Å². The summed E-state index contributed by atoms with van der Waals surface area (Å²) in [6.07, 6.45) is 7.96. The summed E-state index contributed by atoms with van der Waals surface area (Å²) in [5.74, 6) is 0.485. The van der Waals surface area contributed by atoms with E-state index < -0.39 is 0 Å². The van der Waals surface area contributed by atoms with E-state index in [0.29, 0.717) is 5.82 Å². The van der Waals surface area contributed by atoms with E-state index in [1.54, 1.807) is 12.3 Å². The van der Waals surface area contributed by atoms with Crippen molar-refractivity contribution in [1.29, 1.82) is 0 Å². The van der Waals surface area contributed by atoms with E-state index in [9.17, 15) is 0 Å². The number of hydrogen-bond acceptors (Lipinski definition) is 4. The predicted octanol–water partition coefficient (Wildman–Crippen LogP) is 0.680. The van der Waals surface area contributed by atoms with Crippen LogP contribution in [0.15, 0.2) is 30.7 Å². The van der Waals surface area contributed by atoms with Crippen LogP contribution in [-0.4, -0.2) is 15.0 Å². The standard InChI is InChI=1S/C13H13N4.C2H6.CH4.Na/c1-3-11(10-5-4-6-15-7-10)12-9(2)16-8-17-13(12)14;1-2;;/h3-5,7-8H,1-2H3,(H2,14,16,17);1-2H3;1H4;/q-1;;;+1/b11-3-;;;. The molecule has 0 amide bonds. The Bertz CT molecular complexity index is 533. The van der Waals surface area contributed by atoms with Crippen LogP contribution >= 0.6 is 0 Å². The molecule has 5 heteroatoms. The van der Waals surface area contributed by atoms with Crippen LogP contribution in [0.4, 0.5) is 5.82 Å². The number of anilines is 1. The van der Waals surface area contributed by atoms with E-state index in [2.05, 4.69) is 21.1 Å². The molecule has 0 radical (unpaired) electrons. The predicted molar refractivity (Wildman–Crippen MR) is 85.1 cm³/mol. The zero-order valence-corrected chi connectivity index (χ0v) is 14.8. The average Bonchev–Trinajstić information content (AvgIpc) is 2.46. The van der Waals surface area contributed by atoms with Gasteiger partial charge in [0.25, 0.3) is 0 Å². The Balaban J connectivity index is 0. The van der Waals surface area contributed by atoms with Gasteiger partial charge in [-0.15, -0.1) is 5.56 Å². The Kier molecular flexibility index (Phi) is 12.0. The smallest absolute Gasteiger partial charge is 0.394 e. The maximum Gasteiger partial charge on any atom is 1.00 e. The molecule has 0 spiro atoms. The number of nitrogen functional groups attached to an aromatic ring is 1. The van der Waals surface area contributed by atoms with Crippen molar-refractivity contribution in [3.05, 3.63) is 53.8 Å². The Hall–Kier alpha value is -1.23. The van der Waals surface area contributed by atoms with E-state index in [-0.39, 0.29) is 37.0 Å². The van der Waals surface area contributed by atoms with Crippen LogP contribution in [0.3, 0.4) is 0 Å². The maximum absolute atomic E-state index is 5.92. The van der Waals surface area contributed by atoms with Crippen LogP contribution in [-0.2, 0) is 0 Å². The molecule has 0 fully saturated rings. The molecule has 2 rings (SSSR count). The van der Waals surface area contributed by atoms with Gasteiger partial charge >= 0.3 is 29.6 Å². The molecule has 2 N–H and O–H groups in total. The number of hydrogen-bond donors (Lipinski definition) is 1. The van der Waals surface area contributed by atoms with Crippen molar-refractivity contribution >= 4 is 11.4 Å². The van der Waals surface area contributed by atoms with Crippen LogP contribution in [0.5, 0.6) is 0 Å². The fourth-order valence-corrected chi connectivity index (χ4v) is 1.76. The van der Waals surface area contributed by atoms with Crippen LogP contribution < -0.4 is 35.3 Å². The summed E-state index contributed by atoms with van der Waals surface area (Å²) in [7, 11) is 0. The van der Waals surface area contributed by atoms with E-state index in [1.165, 1.54) is 6.33 Å². The molecule has 0 saturated heterocycles. The van der Waals surface area contributed by atoms with E-state index >= 15 is 0 Å². The Labute approximate surface area is 150 Å². The van der Waals surface area contributed by atoms with Gasteiger partial charge in [0.15, 0.2) is 0 Å². The first-order valence-electron chi connectivity index (χ1n) is 6.30. The van der Waals surface area contributed by atoms with E-state index in [4.69, 9.17) is 5.73 Å². The monoisotopic (exact) mass is 294 g/mol. The number of nitrogens with zero attached hydrogens (tertiary/aromatic N) is 3. The minimum atomic E-state index is 0. The van der Waals surface area contributed by atoms with Crippen molar-refractivity contribution in [3.63, 3.8) is 0 Å².